The van der Waals surface area contributed by atoms with Crippen LogP contribution in [0.1, 0.15) is 15.9 Å². The Hall–Kier alpha value is -1.77. The summed E-state index contributed by atoms with van der Waals surface area (Å²) in [5, 5.41) is 0. The molecular weight excluding hydrogens is 156 g/mol. The molecule has 3 nitrogen and oxygen atoms in total. The molecule has 0 aliphatic heterocycles. The standard InChI is InChI=1S/C9H4O3/c10-7-5-1-3-11-8(5)9-6(7)2-4-12-9/h1-4H. The van der Waals surface area contributed by atoms with Crippen molar-refractivity contribution in [3.05, 3.63) is 35.8 Å². The monoisotopic (exact) mass is 160 g/mol. The summed E-state index contributed by atoms with van der Waals surface area (Å²) >= 11 is 0. The molecule has 0 bridgehead atoms. The lowest BCUT2D eigenvalue weighted by atomic mass is 10.2. The molecule has 2 heterocycles. The van der Waals surface area contributed by atoms with Crippen LogP contribution in [0.25, 0.3) is 11.5 Å². The summed E-state index contributed by atoms with van der Waals surface area (Å²) < 4.78 is 10.2. The van der Waals surface area contributed by atoms with Crippen LogP contribution >= 0.6 is 0 Å². The molecular formula is C9H4O3. The molecule has 0 saturated carbocycles. The third-order valence-electron chi connectivity index (χ3n) is 2.03. The minimum Gasteiger partial charge on any atom is -0.460 e. The van der Waals surface area contributed by atoms with Crippen LogP contribution in [0.3, 0.4) is 0 Å². The van der Waals surface area contributed by atoms with E-state index in [2.05, 4.69) is 0 Å². The third-order valence-corrected chi connectivity index (χ3v) is 2.03. The van der Waals surface area contributed by atoms with Crippen LogP contribution in [0.2, 0.25) is 0 Å². The Bertz CT molecular complexity index is 419. The molecule has 0 atom stereocenters. The maximum absolute atomic E-state index is 11.5. The summed E-state index contributed by atoms with van der Waals surface area (Å²) in [6.45, 7) is 0. The predicted octanol–water partition coefficient (Wildman–Crippen LogP) is 2.08. The molecule has 1 aliphatic rings. The molecule has 12 heavy (non-hydrogen) atoms. The van der Waals surface area contributed by atoms with Crippen molar-refractivity contribution in [2.75, 3.05) is 0 Å². The van der Waals surface area contributed by atoms with Gasteiger partial charge in [-0.1, -0.05) is 0 Å². The fourth-order valence-corrected chi connectivity index (χ4v) is 1.47. The molecule has 0 radical (unpaired) electrons. The topological polar surface area (TPSA) is 43.4 Å². The van der Waals surface area contributed by atoms with E-state index in [-0.39, 0.29) is 5.78 Å². The average molecular weight is 160 g/mol. The van der Waals surface area contributed by atoms with Crippen LogP contribution in [-0.4, -0.2) is 5.78 Å². The van der Waals surface area contributed by atoms with Gasteiger partial charge in [-0.05, 0) is 12.1 Å². The Balaban J connectivity index is 2.47. The van der Waals surface area contributed by atoms with Crippen molar-refractivity contribution in [3.63, 3.8) is 0 Å². The highest BCUT2D eigenvalue weighted by molar-refractivity contribution is 6.19. The summed E-state index contributed by atoms with van der Waals surface area (Å²) in [5.41, 5.74) is 1.20. The molecule has 2 aromatic rings. The summed E-state index contributed by atoms with van der Waals surface area (Å²) in [7, 11) is 0. The average Bonchev–Trinajstić information content (AvgIpc) is 2.72. The van der Waals surface area contributed by atoms with Crippen molar-refractivity contribution in [1.29, 1.82) is 0 Å². The number of rotatable bonds is 0. The Labute approximate surface area is 67.6 Å². The van der Waals surface area contributed by atoms with Gasteiger partial charge in [-0.15, -0.1) is 0 Å². The zero-order valence-corrected chi connectivity index (χ0v) is 6.03. The largest absolute Gasteiger partial charge is 0.460 e. The summed E-state index contributed by atoms with van der Waals surface area (Å²) in [6.07, 6.45) is 2.99. The minimum atomic E-state index is -0.0116. The number of carbonyl (C=O) groups excluding carboxylic acids is 1. The third kappa shape index (κ3) is 0.471. The Kier molecular flexibility index (Phi) is 0.821. The SMILES string of the molecule is O=C1c2ccoc2-c2occc21. The van der Waals surface area contributed by atoms with Gasteiger partial charge in [0.1, 0.15) is 0 Å². The highest BCUT2D eigenvalue weighted by Crippen LogP contribution is 2.37. The first-order valence-electron chi connectivity index (χ1n) is 3.58. The van der Waals surface area contributed by atoms with Gasteiger partial charge in [-0.2, -0.15) is 0 Å². The molecule has 0 spiro atoms. The maximum atomic E-state index is 11.5. The van der Waals surface area contributed by atoms with E-state index >= 15 is 0 Å². The summed E-state index contributed by atoms with van der Waals surface area (Å²) in [5.74, 6) is 1.10. The van der Waals surface area contributed by atoms with Gasteiger partial charge in [-0.25, -0.2) is 0 Å². The fraction of sp³-hybridized carbons (Fsp3) is 0. The smallest absolute Gasteiger partial charge is 0.201 e. The number of carbonyl (C=O) groups is 1. The zero-order valence-electron chi connectivity index (χ0n) is 6.03. The second-order valence-electron chi connectivity index (χ2n) is 2.66. The van der Waals surface area contributed by atoms with Crippen LogP contribution in [0.15, 0.2) is 33.5 Å². The Morgan fingerprint density at radius 3 is 1.92 bits per heavy atom. The van der Waals surface area contributed by atoms with Crippen LogP contribution in [-0.2, 0) is 0 Å². The van der Waals surface area contributed by atoms with Gasteiger partial charge in [0.2, 0.25) is 5.78 Å². The summed E-state index contributed by atoms with van der Waals surface area (Å²) in [6, 6.07) is 3.32. The first-order chi connectivity index (χ1) is 5.88. The van der Waals surface area contributed by atoms with E-state index in [4.69, 9.17) is 8.83 Å². The van der Waals surface area contributed by atoms with E-state index in [1.807, 2.05) is 0 Å². The molecule has 0 N–H and O–H groups in total. The minimum absolute atomic E-state index is 0.0116. The van der Waals surface area contributed by atoms with Crippen LogP contribution < -0.4 is 0 Å². The lowest BCUT2D eigenvalue weighted by Gasteiger charge is -1.83. The number of fused-ring (bicyclic) bond motifs is 3. The van der Waals surface area contributed by atoms with Gasteiger partial charge in [0.05, 0.1) is 23.7 Å². The van der Waals surface area contributed by atoms with E-state index in [9.17, 15) is 4.79 Å². The molecule has 0 aromatic carbocycles. The van der Waals surface area contributed by atoms with Crippen molar-refractivity contribution in [3.8, 4) is 11.5 Å². The van der Waals surface area contributed by atoms with Crippen LogP contribution in [0.5, 0.6) is 0 Å². The number of furan rings is 2. The second-order valence-corrected chi connectivity index (χ2v) is 2.66. The van der Waals surface area contributed by atoms with Crippen molar-refractivity contribution in [1.82, 2.24) is 0 Å². The van der Waals surface area contributed by atoms with Gasteiger partial charge in [0.15, 0.2) is 11.5 Å². The van der Waals surface area contributed by atoms with Crippen LogP contribution in [0.4, 0.5) is 0 Å². The van der Waals surface area contributed by atoms with E-state index < -0.39 is 0 Å². The number of hydrogen-bond acceptors (Lipinski definition) is 3. The van der Waals surface area contributed by atoms with E-state index in [0.717, 1.165) is 0 Å². The second kappa shape index (κ2) is 1.69. The molecule has 3 heteroatoms. The maximum Gasteiger partial charge on any atom is 0.201 e. The van der Waals surface area contributed by atoms with Crippen molar-refractivity contribution in [2.24, 2.45) is 0 Å². The summed E-state index contributed by atoms with van der Waals surface area (Å²) in [4.78, 5) is 11.5. The molecule has 0 fully saturated rings. The van der Waals surface area contributed by atoms with E-state index in [1.165, 1.54) is 12.5 Å². The van der Waals surface area contributed by atoms with Gasteiger partial charge in [0.25, 0.3) is 0 Å². The van der Waals surface area contributed by atoms with Crippen molar-refractivity contribution >= 4 is 5.78 Å². The molecule has 58 valence electrons. The van der Waals surface area contributed by atoms with Crippen molar-refractivity contribution < 1.29 is 13.6 Å². The quantitative estimate of drug-likeness (QED) is 0.505. The van der Waals surface area contributed by atoms with Gasteiger partial charge in [-0.3, -0.25) is 4.79 Å². The first-order valence-corrected chi connectivity index (χ1v) is 3.58. The first kappa shape index (κ1) is 5.83. The molecule has 1 aliphatic carbocycles. The lowest BCUT2D eigenvalue weighted by Crippen LogP contribution is -1.91. The normalized spacial score (nSPS) is 13.2. The lowest BCUT2D eigenvalue weighted by molar-refractivity contribution is 0.104. The molecule has 2 aromatic heterocycles. The van der Waals surface area contributed by atoms with Gasteiger partial charge < -0.3 is 8.83 Å². The Morgan fingerprint density at radius 2 is 1.42 bits per heavy atom. The number of ketones is 1. The van der Waals surface area contributed by atoms with Gasteiger partial charge >= 0.3 is 0 Å². The molecule has 0 amide bonds. The van der Waals surface area contributed by atoms with Crippen LogP contribution in [0, 0.1) is 0 Å². The van der Waals surface area contributed by atoms with Gasteiger partial charge in [0, 0.05) is 0 Å². The molecule has 0 saturated heterocycles. The Morgan fingerprint density at radius 1 is 0.917 bits per heavy atom. The van der Waals surface area contributed by atoms with E-state index in [0.29, 0.717) is 22.6 Å². The van der Waals surface area contributed by atoms with E-state index in [1.54, 1.807) is 12.1 Å². The fourth-order valence-electron chi connectivity index (χ4n) is 1.47. The highest BCUT2D eigenvalue weighted by atomic mass is 16.4. The number of hydrogen-bond donors (Lipinski definition) is 0. The zero-order chi connectivity index (χ0) is 8.13. The van der Waals surface area contributed by atoms with Crippen molar-refractivity contribution in [2.45, 2.75) is 0 Å². The molecule has 3 rings (SSSR count). The highest BCUT2D eigenvalue weighted by Gasteiger charge is 2.32. The molecule has 0 unspecified atom stereocenters. The predicted molar refractivity (Wildman–Crippen MR) is 39.8 cm³/mol.